The Kier molecular flexibility index (Phi) is 7.89. The maximum absolute atomic E-state index is 13.0. The van der Waals surface area contributed by atoms with E-state index in [-0.39, 0.29) is 22.4 Å². The summed E-state index contributed by atoms with van der Waals surface area (Å²) in [4.78, 5) is 60.8. The molecule has 4 rings (SSSR count). The van der Waals surface area contributed by atoms with Crippen molar-refractivity contribution in [1.82, 2.24) is 24.5 Å². The van der Waals surface area contributed by atoms with E-state index in [9.17, 15) is 24.3 Å². The van der Waals surface area contributed by atoms with Crippen molar-refractivity contribution in [2.75, 3.05) is 58.4 Å². The van der Waals surface area contributed by atoms with Gasteiger partial charge in [-0.3, -0.25) is 14.5 Å². The fourth-order valence-electron chi connectivity index (χ4n) is 4.39. The number of quaternary nitrogens is 1. The molecular formula is C21H28N9O6S2+. The molecule has 2 atom stereocenters. The number of anilines is 1. The molecule has 2 fully saturated rings. The Morgan fingerprint density at radius 2 is 2.05 bits per heavy atom. The van der Waals surface area contributed by atoms with Gasteiger partial charge in [0.25, 0.3) is 11.8 Å². The quantitative estimate of drug-likeness (QED) is 0.125. The summed E-state index contributed by atoms with van der Waals surface area (Å²) in [6.45, 7) is 3.17. The van der Waals surface area contributed by atoms with E-state index in [0.717, 1.165) is 24.6 Å². The number of piperazine rings is 1. The van der Waals surface area contributed by atoms with Gasteiger partial charge in [0.05, 0.1) is 39.8 Å². The fourth-order valence-corrected chi connectivity index (χ4v) is 6.14. The second kappa shape index (κ2) is 11.0. The Morgan fingerprint density at radius 3 is 2.63 bits per heavy atom. The summed E-state index contributed by atoms with van der Waals surface area (Å²) in [7, 11) is 3.31. The van der Waals surface area contributed by atoms with Crippen LogP contribution in [-0.2, 0) is 19.2 Å². The Balaban J connectivity index is 1.44. The molecule has 0 radical (unpaired) electrons. The smallest absolute Gasteiger partial charge is 0.352 e. The minimum Gasteiger partial charge on any atom is -0.477 e. The number of fused-ring (bicyclic) bond motifs is 1. The van der Waals surface area contributed by atoms with E-state index in [1.165, 1.54) is 23.8 Å². The van der Waals surface area contributed by atoms with Crippen LogP contribution < -0.4 is 16.8 Å². The van der Waals surface area contributed by atoms with Crippen LogP contribution in [0.2, 0.25) is 0 Å². The fraction of sp³-hybridized carbons (Fsp3) is 0.476. The molecule has 0 saturated carbocycles. The number of nitrogens with one attached hydrogen (secondary N) is 1. The van der Waals surface area contributed by atoms with Gasteiger partial charge in [0.15, 0.2) is 5.13 Å². The Morgan fingerprint density at radius 1 is 1.34 bits per heavy atom. The zero-order valence-corrected chi connectivity index (χ0v) is 22.3. The molecule has 15 nitrogen and oxygen atoms in total. The first-order chi connectivity index (χ1) is 18.0. The highest BCUT2D eigenvalue weighted by Gasteiger charge is 2.54. The number of carboxylic acid groups (broad SMARTS) is 1. The average Bonchev–Trinajstić information content (AvgIpc) is 3.30. The predicted molar refractivity (Wildman–Crippen MR) is 139 cm³/mol. The highest BCUT2D eigenvalue weighted by molar-refractivity contribution is 8.00. The lowest BCUT2D eigenvalue weighted by atomic mass is 10.0. The lowest BCUT2D eigenvalue weighted by molar-refractivity contribution is -0.907. The highest BCUT2D eigenvalue weighted by Crippen LogP contribution is 2.40. The van der Waals surface area contributed by atoms with Crippen LogP contribution >= 0.6 is 23.3 Å². The minimum absolute atomic E-state index is 0.0438. The van der Waals surface area contributed by atoms with Gasteiger partial charge in [-0.25, -0.2) is 9.59 Å². The standard InChI is InChI=1S/C21H27N9O6S2/c1-30(8-5-28(6-9-30)21(23)35)7-3-4-11-10-37-18-13(17(32)29(18)14(11)19(33)34)24-16(31)12(26-36-2)15-25-20(22)38-27-15/h3-4,13,18H,5-10H2,1-2H3,(H5-,22,23,24,25,27,31,33,34,35)/p+1/b4-3+,26-12-/t13-,18+/m1/s1. The van der Waals surface area contributed by atoms with Crippen LogP contribution in [0, 0.1) is 0 Å². The Labute approximate surface area is 225 Å². The number of rotatable bonds is 8. The molecule has 0 aliphatic carbocycles. The number of nitrogens with zero attached hydrogens (tertiary/aromatic N) is 6. The van der Waals surface area contributed by atoms with Crippen molar-refractivity contribution < 1.29 is 33.6 Å². The van der Waals surface area contributed by atoms with Gasteiger partial charge in [0, 0.05) is 17.3 Å². The molecule has 38 heavy (non-hydrogen) atoms. The molecule has 0 spiro atoms. The molecule has 0 bridgehead atoms. The van der Waals surface area contributed by atoms with Crippen LogP contribution in [0.5, 0.6) is 0 Å². The molecule has 0 aromatic carbocycles. The molecule has 17 heteroatoms. The number of aliphatic carboxylic acids is 1. The molecular weight excluding hydrogens is 538 g/mol. The number of hydrogen-bond acceptors (Lipinski definition) is 11. The van der Waals surface area contributed by atoms with Crippen molar-refractivity contribution >= 4 is 58.0 Å². The van der Waals surface area contributed by atoms with Crippen molar-refractivity contribution in [1.29, 1.82) is 0 Å². The molecule has 3 aliphatic rings. The maximum atomic E-state index is 13.0. The number of primary amides is 1. The van der Waals surface area contributed by atoms with Crippen molar-refractivity contribution in [3.8, 4) is 0 Å². The molecule has 6 N–H and O–H groups in total. The van der Waals surface area contributed by atoms with E-state index in [1.807, 2.05) is 6.08 Å². The van der Waals surface area contributed by atoms with E-state index in [0.29, 0.717) is 35.4 Å². The van der Waals surface area contributed by atoms with E-state index in [1.54, 1.807) is 11.0 Å². The van der Waals surface area contributed by atoms with E-state index >= 15 is 0 Å². The van der Waals surface area contributed by atoms with Gasteiger partial charge in [-0.05, 0) is 11.6 Å². The van der Waals surface area contributed by atoms with Gasteiger partial charge >= 0.3 is 12.0 Å². The molecule has 2 saturated heterocycles. The van der Waals surface area contributed by atoms with Crippen LogP contribution in [0.4, 0.5) is 9.93 Å². The molecule has 4 amide bonds. The predicted octanol–water partition coefficient (Wildman–Crippen LogP) is -1.39. The van der Waals surface area contributed by atoms with Crippen molar-refractivity contribution in [2.45, 2.75) is 11.4 Å². The van der Waals surface area contributed by atoms with Crippen LogP contribution in [0.1, 0.15) is 5.82 Å². The number of amides is 4. The summed E-state index contributed by atoms with van der Waals surface area (Å²) in [6, 6.07) is -1.39. The molecule has 0 unspecified atom stereocenters. The number of thioether (sulfide) groups is 1. The van der Waals surface area contributed by atoms with Crippen LogP contribution in [-0.4, -0.2) is 122 Å². The average molecular weight is 567 g/mol. The van der Waals surface area contributed by atoms with Gasteiger partial charge in [-0.15, -0.1) is 11.8 Å². The lowest BCUT2D eigenvalue weighted by Crippen LogP contribution is -2.71. The zero-order chi connectivity index (χ0) is 27.6. The van der Waals surface area contributed by atoms with E-state index < -0.39 is 35.2 Å². The number of likely N-dealkylation sites (N-methyl/N-ethyl adjacent to an activating group) is 1. The number of allylic oxidation sites excluding steroid dienone is 1. The number of hydrogen-bond donors (Lipinski definition) is 4. The van der Waals surface area contributed by atoms with Crippen molar-refractivity contribution in [2.24, 2.45) is 10.9 Å². The first-order valence-corrected chi connectivity index (χ1v) is 13.3. The third kappa shape index (κ3) is 5.44. The van der Waals surface area contributed by atoms with Gasteiger partial charge in [-0.2, -0.15) is 9.36 Å². The summed E-state index contributed by atoms with van der Waals surface area (Å²) < 4.78 is 4.62. The maximum Gasteiger partial charge on any atom is 0.352 e. The Bertz CT molecular complexity index is 1240. The number of carboxylic acids is 1. The number of urea groups is 1. The SMILES string of the molecule is CO/N=C(\C(=O)N[C@@H]1C(=O)N2C(C(=O)O)=C(/C=C/C[N+]3(C)CCN(C(N)=O)CC3)CS[C@@H]12)c1nsc(N)n1. The van der Waals surface area contributed by atoms with Crippen molar-refractivity contribution in [3.05, 3.63) is 29.2 Å². The monoisotopic (exact) mass is 566 g/mol. The van der Waals surface area contributed by atoms with Gasteiger partial charge < -0.3 is 36.1 Å². The summed E-state index contributed by atoms with van der Waals surface area (Å²) in [5.41, 5.74) is 11.1. The van der Waals surface area contributed by atoms with Gasteiger partial charge in [0.1, 0.15) is 24.2 Å². The van der Waals surface area contributed by atoms with Gasteiger partial charge in [-0.1, -0.05) is 11.2 Å². The van der Waals surface area contributed by atoms with Crippen LogP contribution in [0.15, 0.2) is 28.6 Å². The number of oxime groups is 1. The van der Waals surface area contributed by atoms with Crippen LogP contribution in [0.3, 0.4) is 0 Å². The normalized spacial score (nSPS) is 23.2. The zero-order valence-electron chi connectivity index (χ0n) is 20.7. The number of β-lactam (4-membered cyclic amide) rings is 1. The summed E-state index contributed by atoms with van der Waals surface area (Å²) in [5, 5.41) is 15.7. The lowest BCUT2D eigenvalue weighted by Gasteiger charge is -2.49. The first kappa shape index (κ1) is 27.3. The van der Waals surface area contributed by atoms with E-state index in [4.69, 9.17) is 16.3 Å². The van der Waals surface area contributed by atoms with E-state index in [2.05, 4.69) is 26.9 Å². The Hall–Kier alpha value is -3.70. The number of carbonyl (C=O) groups is 4. The minimum atomic E-state index is -1.23. The molecule has 3 aliphatic heterocycles. The largest absolute Gasteiger partial charge is 0.477 e. The van der Waals surface area contributed by atoms with Crippen molar-refractivity contribution in [3.63, 3.8) is 0 Å². The third-order valence-corrected chi connectivity index (χ3v) is 8.38. The molecule has 4 heterocycles. The highest BCUT2D eigenvalue weighted by atomic mass is 32.2. The topological polar surface area (TPSA) is 206 Å². The summed E-state index contributed by atoms with van der Waals surface area (Å²) >= 11 is 2.22. The summed E-state index contributed by atoms with van der Waals surface area (Å²) in [6.07, 6.45) is 3.63. The molecule has 1 aromatic rings. The third-order valence-electron chi connectivity index (χ3n) is 6.53. The van der Waals surface area contributed by atoms with Gasteiger partial charge in [0.2, 0.25) is 11.5 Å². The number of carbonyl (C=O) groups excluding carboxylic acids is 3. The number of nitrogen functional groups attached to an aromatic ring is 1. The molecule has 204 valence electrons. The second-order valence-electron chi connectivity index (χ2n) is 9.10. The summed E-state index contributed by atoms with van der Waals surface area (Å²) in [5.74, 6) is -2.24. The molecule has 1 aromatic heterocycles. The second-order valence-corrected chi connectivity index (χ2v) is 11.0. The number of aromatic nitrogens is 2. The first-order valence-electron chi connectivity index (χ1n) is 11.5. The van der Waals surface area contributed by atoms with Crippen LogP contribution in [0.25, 0.3) is 0 Å². The number of nitrogens with two attached hydrogens (primary N) is 2.